The average Bonchev–Trinajstić information content (AvgIpc) is 3.06. The molecule has 1 atom stereocenters. The highest BCUT2D eigenvalue weighted by Crippen LogP contribution is 2.11. The monoisotopic (exact) mass is 338 g/mol. The van der Waals surface area contributed by atoms with Crippen LogP contribution in [-0.4, -0.2) is 45.1 Å². The summed E-state index contributed by atoms with van der Waals surface area (Å²) in [5.41, 5.74) is 0. The second kappa shape index (κ2) is 5.84. The van der Waals surface area contributed by atoms with E-state index in [0.29, 0.717) is 18.2 Å². The van der Waals surface area contributed by atoms with E-state index >= 15 is 0 Å². The van der Waals surface area contributed by atoms with E-state index in [9.17, 15) is 4.79 Å². The zero-order valence-corrected chi connectivity index (χ0v) is 12.4. The molecule has 0 saturated carbocycles. The Hall–Kier alpha value is -1.54. The van der Waals surface area contributed by atoms with Crippen LogP contribution in [0.15, 0.2) is 16.9 Å². The molecule has 20 heavy (non-hydrogen) atoms. The first-order valence-electron chi connectivity index (χ1n) is 6.59. The maximum absolute atomic E-state index is 12.0. The molecule has 1 aliphatic heterocycles. The summed E-state index contributed by atoms with van der Waals surface area (Å²) in [5.74, 6) is 0.970. The summed E-state index contributed by atoms with van der Waals surface area (Å²) in [6, 6.07) is 0. The van der Waals surface area contributed by atoms with Crippen molar-refractivity contribution in [1.82, 2.24) is 30.2 Å². The third-order valence-corrected chi connectivity index (χ3v) is 3.78. The lowest BCUT2D eigenvalue weighted by Gasteiger charge is -2.07. The van der Waals surface area contributed by atoms with Crippen LogP contribution in [0, 0.1) is 5.92 Å². The van der Waals surface area contributed by atoms with E-state index in [2.05, 4.69) is 41.6 Å². The Morgan fingerprint density at radius 3 is 3.30 bits per heavy atom. The van der Waals surface area contributed by atoms with Gasteiger partial charge in [0.2, 0.25) is 5.82 Å². The molecule has 1 unspecified atom stereocenters. The summed E-state index contributed by atoms with van der Waals surface area (Å²) in [6.45, 7) is 2.77. The van der Waals surface area contributed by atoms with Crippen molar-refractivity contribution in [1.29, 1.82) is 0 Å². The van der Waals surface area contributed by atoms with Crippen LogP contribution < -0.4 is 10.6 Å². The number of halogens is 1. The molecule has 8 heteroatoms. The highest BCUT2D eigenvalue weighted by atomic mass is 79.9. The van der Waals surface area contributed by atoms with Gasteiger partial charge in [-0.25, -0.2) is 9.50 Å². The number of fused-ring (bicyclic) bond motifs is 1. The van der Waals surface area contributed by atoms with Crippen molar-refractivity contribution < 1.29 is 4.79 Å². The minimum absolute atomic E-state index is 0.153. The molecule has 2 N–H and O–H groups in total. The van der Waals surface area contributed by atoms with Gasteiger partial charge >= 0.3 is 0 Å². The Balaban J connectivity index is 1.60. The molecule has 0 aliphatic carbocycles. The fraction of sp³-hybridized carbons (Fsp3) is 0.500. The van der Waals surface area contributed by atoms with Gasteiger partial charge in [-0.2, -0.15) is 4.98 Å². The molecule has 3 rings (SSSR count). The molecule has 1 aliphatic rings. The molecule has 0 spiro atoms. The number of aromatic nitrogens is 4. The van der Waals surface area contributed by atoms with Crippen molar-refractivity contribution >= 4 is 27.6 Å². The standard InChI is InChI=1S/C12H15BrN6O/c13-9-6-16-12-17-10(18-19(12)7-9)11(20)15-4-2-8-1-3-14-5-8/h6-8,14H,1-5H2,(H,15,20). The summed E-state index contributed by atoms with van der Waals surface area (Å²) in [5, 5.41) is 10.3. The van der Waals surface area contributed by atoms with E-state index in [-0.39, 0.29) is 11.7 Å². The molecule has 0 radical (unpaired) electrons. The van der Waals surface area contributed by atoms with Crippen LogP contribution in [0.5, 0.6) is 0 Å². The third kappa shape index (κ3) is 2.96. The lowest BCUT2D eigenvalue weighted by Crippen LogP contribution is -2.27. The molecule has 1 saturated heterocycles. The molecule has 106 valence electrons. The Bertz CT molecular complexity index is 621. The van der Waals surface area contributed by atoms with Gasteiger partial charge in [-0.3, -0.25) is 4.79 Å². The lowest BCUT2D eigenvalue weighted by atomic mass is 10.1. The smallest absolute Gasteiger partial charge is 0.291 e. The molecule has 1 fully saturated rings. The van der Waals surface area contributed by atoms with Gasteiger partial charge in [0.25, 0.3) is 11.7 Å². The van der Waals surface area contributed by atoms with E-state index < -0.39 is 0 Å². The first kappa shape index (κ1) is 13.4. The van der Waals surface area contributed by atoms with Crippen molar-refractivity contribution in [3.63, 3.8) is 0 Å². The van der Waals surface area contributed by atoms with Gasteiger partial charge in [0.05, 0.1) is 4.47 Å². The van der Waals surface area contributed by atoms with E-state index in [1.54, 1.807) is 12.4 Å². The van der Waals surface area contributed by atoms with Gasteiger partial charge in [0.15, 0.2) is 0 Å². The topological polar surface area (TPSA) is 84.2 Å². The van der Waals surface area contributed by atoms with Gasteiger partial charge < -0.3 is 10.6 Å². The molecular formula is C12H15BrN6O. The van der Waals surface area contributed by atoms with Crippen LogP contribution >= 0.6 is 15.9 Å². The zero-order valence-electron chi connectivity index (χ0n) is 10.8. The SMILES string of the molecule is O=C(NCCC1CCNC1)c1nc2ncc(Br)cn2n1. The van der Waals surface area contributed by atoms with Gasteiger partial charge in [-0.1, -0.05) is 0 Å². The van der Waals surface area contributed by atoms with E-state index in [1.165, 1.54) is 10.9 Å². The second-order valence-electron chi connectivity index (χ2n) is 4.86. The van der Waals surface area contributed by atoms with Gasteiger partial charge in [-0.05, 0) is 47.8 Å². The number of carbonyl (C=O) groups is 1. The first-order chi connectivity index (χ1) is 9.72. The zero-order chi connectivity index (χ0) is 13.9. The van der Waals surface area contributed by atoms with Gasteiger partial charge in [0.1, 0.15) is 0 Å². The fourth-order valence-electron chi connectivity index (χ4n) is 2.29. The van der Waals surface area contributed by atoms with Crippen LogP contribution in [0.3, 0.4) is 0 Å². The lowest BCUT2D eigenvalue weighted by molar-refractivity contribution is 0.0941. The summed E-state index contributed by atoms with van der Waals surface area (Å²) >= 11 is 3.30. The van der Waals surface area contributed by atoms with Crippen LogP contribution in [0.25, 0.3) is 5.78 Å². The summed E-state index contributed by atoms with van der Waals surface area (Å²) in [7, 11) is 0. The third-order valence-electron chi connectivity index (χ3n) is 3.37. The number of carbonyl (C=O) groups excluding carboxylic acids is 1. The van der Waals surface area contributed by atoms with Crippen LogP contribution in [-0.2, 0) is 0 Å². The first-order valence-corrected chi connectivity index (χ1v) is 7.38. The second-order valence-corrected chi connectivity index (χ2v) is 5.77. The molecule has 2 aromatic rings. The Labute approximate surface area is 124 Å². The number of hydrogen-bond donors (Lipinski definition) is 2. The summed E-state index contributed by atoms with van der Waals surface area (Å²) in [6.07, 6.45) is 5.51. The minimum atomic E-state index is -0.252. The Kier molecular flexibility index (Phi) is 3.93. The van der Waals surface area contributed by atoms with Crippen molar-refractivity contribution in [3.8, 4) is 0 Å². The summed E-state index contributed by atoms with van der Waals surface area (Å²) in [4.78, 5) is 20.1. The average molecular weight is 339 g/mol. The largest absolute Gasteiger partial charge is 0.349 e. The van der Waals surface area contributed by atoms with Crippen molar-refractivity contribution in [2.24, 2.45) is 5.92 Å². The van der Waals surface area contributed by atoms with E-state index in [0.717, 1.165) is 24.0 Å². The predicted octanol–water partition coefficient (Wildman–Crippen LogP) is 0.616. The minimum Gasteiger partial charge on any atom is -0.349 e. The Morgan fingerprint density at radius 1 is 1.60 bits per heavy atom. The highest BCUT2D eigenvalue weighted by Gasteiger charge is 2.16. The Morgan fingerprint density at radius 2 is 2.50 bits per heavy atom. The highest BCUT2D eigenvalue weighted by molar-refractivity contribution is 9.10. The number of nitrogens with one attached hydrogen (secondary N) is 2. The van der Waals surface area contributed by atoms with E-state index in [1.807, 2.05) is 0 Å². The quantitative estimate of drug-likeness (QED) is 0.853. The molecule has 1 amide bonds. The number of hydrogen-bond acceptors (Lipinski definition) is 5. The van der Waals surface area contributed by atoms with Crippen molar-refractivity contribution in [3.05, 3.63) is 22.7 Å². The van der Waals surface area contributed by atoms with Crippen molar-refractivity contribution in [2.75, 3.05) is 19.6 Å². The molecular weight excluding hydrogens is 324 g/mol. The summed E-state index contributed by atoms with van der Waals surface area (Å²) < 4.78 is 2.27. The van der Waals surface area contributed by atoms with E-state index in [4.69, 9.17) is 0 Å². The number of amides is 1. The number of nitrogens with zero attached hydrogens (tertiary/aromatic N) is 4. The molecule has 0 bridgehead atoms. The fourth-order valence-corrected chi connectivity index (χ4v) is 2.58. The van der Waals surface area contributed by atoms with Crippen LogP contribution in [0.2, 0.25) is 0 Å². The van der Waals surface area contributed by atoms with Crippen LogP contribution in [0.4, 0.5) is 0 Å². The molecule has 3 heterocycles. The number of rotatable bonds is 4. The molecule has 2 aromatic heterocycles. The predicted molar refractivity (Wildman–Crippen MR) is 76.4 cm³/mol. The molecule has 0 aromatic carbocycles. The molecule has 7 nitrogen and oxygen atoms in total. The van der Waals surface area contributed by atoms with Gasteiger partial charge in [0, 0.05) is 18.9 Å². The normalized spacial score (nSPS) is 18.6. The van der Waals surface area contributed by atoms with Gasteiger partial charge in [-0.15, -0.1) is 5.10 Å². The maximum Gasteiger partial charge on any atom is 0.291 e. The van der Waals surface area contributed by atoms with Crippen molar-refractivity contribution in [2.45, 2.75) is 12.8 Å². The van der Waals surface area contributed by atoms with Crippen LogP contribution in [0.1, 0.15) is 23.5 Å². The maximum atomic E-state index is 12.0.